The number of carbonyl (C=O) groups excluding carboxylic acids is 3. The summed E-state index contributed by atoms with van der Waals surface area (Å²) >= 11 is 6.22. The number of esters is 1. The van der Waals surface area contributed by atoms with Gasteiger partial charge in [0.25, 0.3) is 5.91 Å². The normalized spacial score (nSPS) is 21.0. The molecule has 152 valence electrons. The first-order valence-corrected chi connectivity index (χ1v) is 9.86. The fraction of sp³-hybridized carbons (Fsp3) is 0.318. The number of hydrogen-bond donors (Lipinski definition) is 2. The number of ether oxygens (including phenoxy) is 1. The van der Waals surface area contributed by atoms with Gasteiger partial charge < -0.3 is 15.4 Å². The molecule has 3 atom stereocenters. The van der Waals surface area contributed by atoms with Gasteiger partial charge in [-0.15, -0.1) is 11.6 Å². The summed E-state index contributed by atoms with van der Waals surface area (Å²) in [7, 11) is 0. The van der Waals surface area contributed by atoms with Crippen molar-refractivity contribution in [3.8, 4) is 0 Å². The lowest BCUT2D eigenvalue weighted by molar-refractivity contribution is -0.144. The second-order valence-electron chi connectivity index (χ2n) is 6.98. The first kappa shape index (κ1) is 20.9. The van der Waals surface area contributed by atoms with Crippen LogP contribution >= 0.6 is 11.6 Å². The summed E-state index contributed by atoms with van der Waals surface area (Å²) < 4.78 is 4.93. The topological polar surface area (TPSA) is 84.5 Å². The van der Waals surface area contributed by atoms with E-state index in [2.05, 4.69) is 10.6 Å². The standard InChI is InChI=1S/C22H23ClN2O4/c1-3-29-21(28)22(23)13-17(22)20(27)25-18-12-8-7-11-16(18)19(26)24-14(2)15-9-5-4-6-10-15/h4-12,14,17H,3,13H2,1-2H3,(H,24,26)(H,25,27). The summed E-state index contributed by atoms with van der Waals surface area (Å²) in [5.41, 5.74) is 1.67. The largest absolute Gasteiger partial charge is 0.465 e. The molecule has 0 saturated heterocycles. The Morgan fingerprint density at radius 3 is 2.48 bits per heavy atom. The van der Waals surface area contributed by atoms with Crippen LogP contribution in [0, 0.1) is 5.92 Å². The Morgan fingerprint density at radius 1 is 1.14 bits per heavy atom. The van der Waals surface area contributed by atoms with E-state index in [-0.39, 0.29) is 25.0 Å². The molecule has 0 radical (unpaired) electrons. The summed E-state index contributed by atoms with van der Waals surface area (Å²) in [5, 5.41) is 5.66. The van der Waals surface area contributed by atoms with Crippen molar-refractivity contribution in [2.75, 3.05) is 11.9 Å². The van der Waals surface area contributed by atoms with E-state index in [0.717, 1.165) is 5.56 Å². The Kier molecular flexibility index (Phi) is 6.23. The molecular weight excluding hydrogens is 392 g/mol. The summed E-state index contributed by atoms with van der Waals surface area (Å²) in [6.45, 7) is 3.77. The fourth-order valence-electron chi connectivity index (χ4n) is 3.12. The van der Waals surface area contributed by atoms with Gasteiger partial charge in [0.05, 0.1) is 29.8 Å². The third kappa shape index (κ3) is 4.59. The minimum atomic E-state index is -1.32. The van der Waals surface area contributed by atoms with Gasteiger partial charge in [-0.3, -0.25) is 14.4 Å². The molecule has 0 aromatic heterocycles. The average Bonchev–Trinajstić information content (AvgIpc) is 3.42. The number of carbonyl (C=O) groups is 3. The first-order chi connectivity index (χ1) is 13.9. The maximum atomic E-state index is 12.8. The van der Waals surface area contributed by atoms with Crippen molar-refractivity contribution < 1.29 is 19.1 Å². The molecule has 6 nitrogen and oxygen atoms in total. The monoisotopic (exact) mass is 414 g/mol. The molecule has 1 saturated carbocycles. The van der Waals surface area contributed by atoms with Gasteiger partial charge in [0, 0.05) is 0 Å². The smallest absolute Gasteiger partial charge is 0.328 e. The lowest BCUT2D eigenvalue weighted by Gasteiger charge is -2.16. The molecule has 29 heavy (non-hydrogen) atoms. The molecule has 0 spiro atoms. The van der Waals surface area contributed by atoms with Gasteiger partial charge in [-0.25, -0.2) is 0 Å². The van der Waals surface area contributed by atoms with Crippen molar-refractivity contribution in [2.45, 2.75) is 31.2 Å². The van der Waals surface area contributed by atoms with Gasteiger partial charge in [0.15, 0.2) is 4.87 Å². The van der Waals surface area contributed by atoms with Crippen LogP contribution in [0.1, 0.15) is 42.2 Å². The summed E-state index contributed by atoms with van der Waals surface area (Å²) in [6, 6.07) is 16.1. The molecule has 2 aromatic rings. The molecule has 2 aromatic carbocycles. The number of alkyl halides is 1. The van der Waals surface area contributed by atoms with E-state index in [1.807, 2.05) is 37.3 Å². The van der Waals surface area contributed by atoms with Gasteiger partial charge in [-0.2, -0.15) is 0 Å². The lowest BCUT2D eigenvalue weighted by Crippen LogP contribution is -2.29. The van der Waals surface area contributed by atoms with Gasteiger partial charge in [0.2, 0.25) is 5.91 Å². The van der Waals surface area contributed by atoms with E-state index in [1.54, 1.807) is 31.2 Å². The van der Waals surface area contributed by atoms with Gasteiger partial charge in [-0.1, -0.05) is 42.5 Å². The maximum absolute atomic E-state index is 12.8. The Hall–Kier alpha value is -2.86. The van der Waals surface area contributed by atoms with Crippen LogP contribution in [0.4, 0.5) is 5.69 Å². The van der Waals surface area contributed by atoms with E-state index < -0.39 is 22.7 Å². The molecule has 7 heteroatoms. The zero-order valence-corrected chi connectivity index (χ0v) is 17.0. The molecule has 0 heterocycles. The van der Waals surface area contributed by atoms with Crippen molar-refractivity contribution in [1.29, 1.82) is 0 Å². The minimum Gasteiger partial charge on any atom is -0.465 e. The number of amides is 2. The second-order valence-corrected chi connectivity index (χ2v) is 7.65. The zero-order valence-electron chi connectivity index (χ0n) is 16.3. The highest BCUT2D eigenvalue weighted by Crippen LogP contribution is 2.51. The zero-order chi connectivity index (χ0) is 21.0. The van der Waals surface area contributed by atoms with E-state index in [1.165, 1.54) is 0 Å². The lowest BCUT2D eigenvalue weighted by atomic mass is 10.1. The highest BCUT2D eigenvalue weighted by Gasteiger charge is 2.64. The highest BCUT2D eigenvalue weighted by molar-refractivity contribution is 6.39. The number of para-hydroxylation sites is 1. The quantitative estimate of drug-likeness (QED) is 0.534. The van der Waals surface area contributed by atoms with Crippen LogP contribution in [0.3, 0.4) is 0 Å². The van der Waals surface area contributed by atoms with E-state index >= 15 is 0 Å². The molecule has 1 fully saturated rings. The predicted molar refractivity (Wildman–Crippen MR) is 111 cm³/mol. The third-order valence-electron chi connectivity index (χ3n) is 4.90. The van der Waals surface area contributed by atoms with Crippen LogP contribution in [0.5, 0.6) is 0 Å². The predicted octanol–water partition coefficient (Wildman–Crippen LogP) is 3.68. The van der Waals surface area contributed by atoms with Crippen molar-refractivity contribution in [3.63, 3.8) is 0 Å². The van der Waals surface area contributed by atoms with Crippen molar-refractivity contribution >= 4 is 35.1 Å². The van der Waals surface area contributed by atoms with Crippen LogP contribution in [-0.4, -0.2) is 29.3 Å². The molecule has 0 bridgehead atoms. The van der Waals surface area contributed by atoms with Crippen LogP contribution in [-0.2, 0) is 14.3 Å². The molecule has 1 aliphatic rings. The molecule has 1 aliphatic carbocycles. The van der Waals surface area contributed by atoms with Gasteiger partial charge in [-0.05, 0) is 38.0 Å². The fourth-order valence-corrected chi connectivity index (χ4v) is 3.43. The number of halogens is 1. The molecular formula is C22H23ClN2O4. The van der Waals surface area contributed by atoms with Crippen LogP contribution in [0.2, 0.25) is 0 Å². The Balaban J connectivity index is 1.69. The summed E-state index contributed by atoms with van der Waals surface area (Å²) in [5.74, 6) is -2.01. The van der Waals surface area contributed by atoms with E-state index in [4.69, 9.17) is 16.3 Å². The summed E-state index contributed by atoms with van der Waals surface area (Å²) in [6.07, 6.45) is 0.207. The summed E-state index contributed by atoms with van der Waals surface area (Å²) in [4.78, 5) is 36.0. The van der Waals surface area contributed by atoms with Crippen molar-refractivity contribution in [1.82, 2.24) is 5.32 Å². The van der Waals surface area contributed by atoms with Crippen LogP contribution in [0.15, 0.2) is 54.6 Å². The van der Waals surface area contributed by atoms with E-state index in [0.29, 0.717) is 11.3 Å². The molecule has 3 unspecified atom stereocenters. The number of nitrogens with one attached hydrogen (secondary N) is 2. The van der Waals surface area contributed by atoms with Crippen LogP contribution in [0.25, 0.3) is 0 Å². The van der Waals surface area contributed by atoms with Gasteiger partial charge >= 0.3 is 5.97 Å². The maximum Gasteiger partial charge on any atom is 0.328 e. The Labute approximate surface area is 174 Å². The van der Waals surface area contributed by atoms with Crippen molar-refractivity contribution in [2.24, 2.45) is 5.92 Å². The highest BCUT2D eigenvalue weighted by atomic mass is 35.5. The number of benzene rings is 2. The second kappa shape index (κ2) is 8.66. The third-order valence-corrected chi connectivity index (χ3v) is 5.47. The molecule has 3 rings (SSSR count). The van der Waals surface area contributed by atoms with Crippen molar-refractivity contribution in [3.05, 3.63) is 65.7 Å². The minimum absolute atomic E-state index is 0.199. The molecule has 2 amide bonds. The molecule has 2 N–H and O–H groups in total. The Morgan fingerprint density at radius 2 is 1.79 bits per heavy atom. The number of hydrogen-bond acceptors (Lipinski definition) is 4. The van der Waals surface area contributed by atoms with Gasteiger partial charge in [0.1, 0.15) is 0 Å². The molecule has 0 aliphatic heterocycles. The average molecular weight is 415 g/mol. The Bertz CT molecular complexity index is 918. The number of rotatable bonds is 7. The number of anilines is 1. The van der Waals surface area contributed by atoms with Crippen LogP contribution < -0.4 is 10.6 Å². The first-order valence-electron chi connectivity index (χ1n) is 9.48. The van der Waals surface area contributed by atoms with E-state index in [9.17, 15) is 14.4 Å². The SMILES string of the molecule is CCOC(=O)C1(Cl)CC1C(=O)Nc1ccccc1C(=O)NC(C)c1ccccc1.